The summed E-state index contributed by atoms with van der Waals surface area (Å²) in [6.45, 7) is 8.13. The first-order valence-electron chi connectivity index (χ1n) is 8.38. The molecule has 1 aliphatic heterocycles. The Morgan fingerprint density at radius 1 is 1.25 bits per heavy atom. The minimum Gasteiger partial charge on any atom is -0.345 e. The number of hydrogen-bond acceptors (Lipinski definition) is 2. The van der Waals surface area contributed by atoms with Crippen LogP contribution in [0.2, 0.25) is 0 Å². The Balaban J connectivity index is 2.25. The maximum absolute atomic E-state index is 10.1. The smallest absolute Gasteiger partial charge is 0.189 e. The third-order valence-corrected chi connectivity index (χ3v) is 4.60. The molecule has 0 aromatic heterocycles. The molecule has 1 aliphatic rings. The molecule has 1 rings (SSSR count). The molecule has 116 valence electrons. The Morgan fingerprint density at radius 3 is 2.55 bits per heavy atom. The third kappa shape index (κ3) is 4.71. The van der Waals surface area contributed by atoms with Gasteiger partial charge < -0.3 is 5.11 Å². The molecule has 0 amide bonds. The van der Waals surface area contributed by atoms with Crippen molar-refractivity contribution in [3.05, 3.63) is 12.2 Å². The van der Waals surface area contributed by atoms with E-state index in [0.717, 1.165) is 30.4 Å². The number of quaternary nitrogens is 1. The van der Waals surface area contributed by atoms with Gasteiger partial charge in [-0.3, -0.25) is 4.48 Å². The molecule has 3 nitrogen and oxygen atoms in total. The van der Waals surface area contributed by atoms with E-state index in [0.29, 0.717) is 0 Å². The monoisotopic (exact) mass is 281 g/mol. The molecular formula is C17H33N2O+. The van der Waals surface area contributed by atoms with Gasteiger partial charge in [0.1, 0.15) is 6.54 Å². The van der Waals surface area contributed by atoms with Crippen LogP contribution in [0.15, 0.2) is 17.1 Å². The van der Waals surface area contributed by atoms with Gasteiger partial charge in [0.25, 0.3) is 0 Å². The highest BCUT2D eigenvalue weighted by atomic mass is 16.3. The molecule has 1 heterocycles. The average Bonchev–Trinajstić information content (AvgIpc) is 2.86. The van der Waals surface area contributed by atoms with E-state index in [9.17, 15) is 5.11 Å². The second-order valence-electron chi connectivity index (χ2n) is 5.94. The fourth-order valence-corrected chi connectivity index (χ4v) is 3.08. The number of aliphatic hydroxyl groups is 1. The third-order valence-electron chi connectivity index (χ3n) is 4.60. The fraction of sp³-hybridized carbons (Fsp3) is 0.824. The molecule has 0 aromatic carbocycles. The molecule has 3 heteroatoms. The molecule has 0 aromatic rings. The van der Waals surface area contributed by atoms with Crippen LogP contribution in [0.25, 0.3) is 0 Å². The first-order chi connectivity index (χ1) is 9.67. The maximum Gasteiger partial charge on any atom is 0.189 e. The van der Waals surface area contributed by atoms with Crippen molar-refractivity contribution in [3.63, 3.8) is 0 Å². The van der Waals surface area contributed by atoms with Crippen LogP contribution in [0, 0.1) is 0 Å². The van der Waals surface area contributed by atoms with Gasteiger partial charge in [-0.25, -0.2) is 4.99 Å². The number of nitrogens with zero attached hydrogens (tertiary/aromatic N) is 2. The van der Waals surface area contributed by atoms with Gasteiger partial charge in [-0.15, -0.1) is 0 Å². The van der Waals surface area contributed by atoms with Crippen molar-refractivity contribution in [1.29, 1.82) is 0 Å². The first kappa shape index (κ1) is 17.4. The van der Waals surface area contributed by atoms with Crippen molar-refractivity contribution >= 4 is 6.21 Å². The van der Waals surface area contributed by atoms with Gasteiger partial charge in [-0.1, -0.05) is 31.9 Å². The molecule has 0 aliphatic carbocycles. The SMILES string of the molecule is CCCCC/C=C/CCCC1N=CC[N+]1(CC)C(C)O. The van der Waals surface area contributed by atoms with Crippen LogP contribution in [0.1, 0.15) is 65.7 Å². The van der Waals surface area contributed by atoms with Crippen molar-refractivity contribution < 1.29 is 9.59 Å². The zero-order chi connectivity index (χ0) is 14.8. The Hall–Kier alpha value is -0.670. The molecule has 0 saturated heterocycles. The molecule has 0 radical (unpaired) electrons. The highest BCUT2D eigenvalue weighted by Gasteiger charge is 2.41. The zero-order valence-corrected chi connectivity index (χ0v) is 13.6. The van der Waals surface area contributed by atoms with Gasteiger partial charge in [0.15, 0.2) is 12.4 Å². The number of aliphatic hydroxyl groups excluding tert-OH is 1. The lowest BCUT2D eigenvalue weighted by molar-refractivity contribution is -0.976. The molecule has 0 spiro atoms. The molecule has 3 atom stereocenters. The minimum absolute atomic E-state index is 0.258. The van der Waals surface area contributed by atoms with Gasteiger partial charge in [0, 0.05) is 13.3 Å². The van der Waals surface area contributed by atoms with Crippen molar-refractivity contribution in [2.24, 2.45) is 4.99 Å². The predicted molar refractivity (Wildman–Crippen MR) is 86.8 cm³/mol. The number of aliphatic imine (C=N–C) groups is 1. The van der Waals surface area contributed by atoms with Crippen molar-refractivity contribution in [2.45, 2.75) is 78.1 Å². The molecule has 1 N–H and O–H groups in total. The summed E-state index contributed by atoms with van der Waals surface area (Å²) in [5.74, 6) is 0. The van der Waals surface area contributed by atoms with Gasteiger partial charge in [-0.2, -0.15) is 0 Å². The Kier molecular flexibility index (Phi) is 8.08. The summed E-state index contributed by atoms with van der Waals surface area (Å²) in [5.41, 5.74) is 0. The molecule has 0 fully saturated rings. The van der Waals surface area contributed by atoms with Crippen molar-refractivity contribution in [2.75, 3.05) is 13.1 Å². The summed E-state index contributed by atoms with van der Waals surface area (Å²) in [6.07, 6.45) is 15.1. The second kappa shape index (κ2) is 9.30. The van der Waals surface area contributed by atoms with E-state index in [2.05, 4.69) is 31.0 Å². The molecule has 3 unspecified atom stereocenters. The highest BCUT2D eigenvalue weighted by Crippen LogP contribution is 2.26. The van der Waals surface area contributed by atoms with E-state index in [4.69, 9.17) is 0 Å². The molecule has 20 heavy (non-hydrogen) atoms. The Bertz CT molecular complexity index is 312. The zero-order valence-electron chi connectivity index (χ0n) is 13.6. The highest BCUT2D eigenvalue weighted by molar-refractivity contribution is 5.60. The summed E-state index contributed by atoms with van der Waals surface area (Å²) in [5, 5.41) is 10.1. The maximum atomic E-state index is 10.1. The fourth-order valence-electron chi connectivity index (χ4n) is 3.08. The van der Waals surface area contributed by atoms with Crippen LogP contribution in [0.4, 0.5) is 0 Å². The largest absolute Gasteiger partial charge is 0.345 e. The van der Waals surface area contributed by atoms with Crippen LogP contribution >= 0.6 is 0 Å². The van der Waals surface area contributed by atoms with Gasteiger partial charge >= 0.3 is 0 Å². The van der Waals surface area contributed by atoms with E-state index >= 15 is 0 Å². The van der Waals surface area contributed by atoms with Crippen LogP contribution in [0.5, 0.6) is 0 Å². The standard InChI is InChI=1S/C17H33N2O/c1-4-6-7-8-9-10-11-12-13-17-18-14-15-19(17,5-2)16(3)20/h9-10,14,16-17,20H,4-8,11-13,15H2,1-3H3/q+1/b10-9+. The summed E-state index contributed by atoms with van der Waals surface area (Å²) >= 11 is 0. The number of unbranched alkanes of at least 4 members (excludes halogenated alkanes) is 4. The summed E-state index contributed by atoms with van der Waals surface area (Å²) < 4.78 is 0.722. The summed E-state index contributed by atoms with van der Waals surface area (Å²) in [7, 11) is 0. The Morgan fingerprint density at radius 2 is 1.95 bits per heavy atom. The van der Waals surface area contributed by atoms with Crippen LogP contribution < -0.4 is 0 Å². The van der Waals surface area contributed by atoms with E-state index in [1.54, 1.807) is 0 Å². The number of allylic oxidation sites excluding steroid dienone is 2. The lowest BCUT2D eigenvalue weighted by atomic mass is 10.1. The average molecular weight is 281 g/mol. The molecule has 0 bridgehead atoms. The van der Waals surface area contributed by atoms with Gasteiger partial charge in [0.2, 0.25) is 0 Å². The number of rotatable bonds is 10. The minimum atomic E-state index is -0.322. The molecule has 0 saturated carbocycles. The first-order valence-corrected chi connectivity index (χ1v) is 8.38. The second-order valence-corrected chi connectivity index (χ2v) is 5.94. The summed E-state index contributed by atoms with van der Waals surface area (Å²) in [6, 6.07) is 0. The normalized spacial score (nSPS) is 27.5. The summed E-state index contributed by atoms with van der Waals surface area (Å²) in [4.78, 5) is 4.60. The van der Waals surface area contributed by atoms with Gasteiger partial charge in [0.05, 0.1) is 12.8 Å². The van der Waals surface area contributed by atoms with Crippen LogP contribution in [0.3, 0.4) is 0 Å². The lowest BCUT2D eigenvalue weighted by Gasteiger charge is -2.40. The van der Waals surface area contributed by atoms with Crippen molar-refractivity contribution in [3.8, 4) is 0 Å². The van der Waals surface area contributed by atoms with Crippen molar-refractivity contribution in [1.82, 2.24) is 0 Å². The van der Waals surface area contributed by atoms with E-state index < -0.39 is 0 Å². The van der Waals surface area contributed by atoms with Gasteiger partial charge in [-0.05, 0) is 32.6 Å². The van der Waals surface area contributed by atoms with E-state index in [1.807, 2.05) is 13.1 Å². The molecular weight excluding hydrogens is 248 g/mol. The lowest BCUT2D eigenvalue weighted by Crippen LogP contribution is -2.57. The Labute approximate surface area is 125 Å². The quantitative estimate of drug-likeness (QED) is 0.368. The van der Waals surface area contributed by atoms with Crippen LogP contribution in [-0.4, -0.2) is 41.3 Å². The van der Waals surface area contributed by atoms with E-state index in [1.165, 1.54) is 32.1 Å². The topological polar surface area (TPSA) is 32.6 Å². The predicted octanol–water partition coefficient (Wildman–Crippen LogP) is 3.88. The van der Waals surface area contributed by atoms with E-state index in [-0.39, 0.29) is 12.4 Å². The van der Waals surface area contributed by atoms with Crippen LogP contribution in [-0.2, 0) is 0 Å². The number of hydrogen-bond donors (Lipinski definition) is 1.